The number of hydrogen-bond donors (Lipinski definition) is 3. The molecule has 0 aliphatic heterocycles. The first-order chi connectivity index (χ1) is 9.17. The van der Waals surface area contributed by atoms with Crippen LogP contribution in [0.4, 0.5) is 11.4 Å². The number of nitrogens with two attached hydrogens (primary N) is 1. The van der Waals surface area contributed by atoms with Gasteiger partial charge in [0.05, 0.1) is 5.69 Å². The van der Waals surface area contributed by atoms with Crippen LogP contribution in [0.3, 0.4) is 0 Å². The Morgan fingerprint density at radius 1 is 1.00 bits per heavy atom. The van der Waals surface area contributed by atoms with Crippen molar-refractivity contribution in [2.75, 3.05) is 5.32 Å². The molecule has 0 aliphatic carbocycles. The van der Waals surface area contributed by atoms with E-state index in [1.165, 1.54) is 0 Å². The van der Waals surface area contributed by atoms with Crippen molar-refractivity contribution in [1.82, 2.24) is 5.43 Å². The Kier molecular flexibility index (Phi) is 4.63. The Bertz CT molecular complexity index is 564. The highest BCUT2D eigenvalue weighted by molar-refractivity contribution is 6.35. The lowest BCUT2D eigenvalue weighted by molar-refractivity contribution is 1.02. The number of nitrogens with one attached hydrogen (secondary N) is 2. The van der Waals surface area contributed by atoms with Gasteiger partial charge >= 0.3 is 0 Å². The van der Waals surface area contributed by atoms with Crippen LogP contribution in [0, 0.1) is 0 Å². The van der Waals surface area contributed by atoms with Crippen molar-refractivity contribution in [3.05, 3.63) is 58.6 Å². The van der Waals surface area contributed by atoms with E-state index in [0.717, 1.165) is 5.69 Å². The smallest absolute Gasteiger partial charge is 0.215 e. The molecular formula is C13H12Cl2N4. The van der Waals surface area contributed by atoms with Gasteiger partial charge in [-0.05, 0) is 30.3 Å². The van der Waals surface area contributed by atoms with Gasteiger partial charge in [0.25, 0.3) is 0 Å². The lowest BCUT2D eigenvalue weighted by Crippen LogP contribution is -2.35. The van der Waals surface area contributed by atoms with Crippen LogP contribution in [-0.4, -0.2) is 5.96 Å². The molecule has 98 valence electrons. The molecule has 4 nitrogen and oxygen atoms in total. The lowest BCUT2D eigenvalue weighted by Gasteiger charge is -2.09. The number of nitrogens with zero attached hydrogens (tertiary/aromatic N) is 1. The lowest BCUT2D eigenvalue weighted by atomic mass is 10.3. The quantitative estimate of drug-likeness (QED) is 0.343. The van der Waals surface area contributed by atoms with Crippen molar-refractivity contribution in [2.45, 2.75) is 0 Å². The number of hydrogen-bond acceptors (Lipinski definition) is 2. The number of hydrazine groups is 1. The minimum absolute atomic E-state index is 0.393. The normalized spacial score (nSPS) is 11.2. The summed E-state index contributed by atoms with van der Waals surface area (Å²) < 4.78 is 0. The second-order valence-corrected chi connectivity index (χ2v) is 4.60. The minimum atomic E-state index is 0.393. The van der Waals surface area contributed by atoms with Gasteiger partial charge < -0.3 is 5.32 Å². The van der Waals surface area contributed by atoms with Crippen molar-refractivity contribution in [3.63, 3.8) is 0 Å². The van der Waals surface area contributed by atoms with E-state index in [1.807, 2.05) is 30.3 Å². The Hall–Kier alpha value is -1.75. The number of benzene rings is 2. The van der Waals surface area contributed by atoms with Crippen LogP contribution in [0.1, 0.15) is 0 Å². The summed E-state index contributed by atoms with van der Waals surface area (Å²) in [5, 5.41) is 4.07. The van der Waals surface area contributed by atoms with E-state index in [-0.39, 0.29) is 0 Å². The molecule has 0 heterocycles. The first kappa shape index (κ1) is 13.7. The van der Waals surface area contributed by atoms with Gasteiger partial charge in [0.1, 0.15) is 0 Å². The predicted molar refractivity (Wildman–Crippen MR) is 80.9 cm³/mol. The standard InChI is InChI=1S/C13H12Cl2N4/c14-9-6-10(15)8-12(7-9)18-13(19-16)17-11-4-2-1-3-5-11/h1-8H,16H2,(H2,17,18,19). The molecule has 0 saturated carbocycles. The van der Waals surface area contributed by atoms with Crippen molar-refractivity contribution in [2.24, 2.45) is 10.8 Å². The van der Waals surface area contributed by atoms with E-state index < -0.39 is 0 Å². The van der Waals surface area contributed by atoms with Crippen LogP contribution in [0.2, 0.25) is 10.0 Å². The van der Waals surface area contributed by atoms with Gasteiger partial charge in [-0.1, -0.05) is 41.4 Å². The fraction of sp³-hybridized carbons (Fsp3) is 0. The number of para-hydroxylation sites is 1. The summed E-state index contributed by atoms with van der Waals surface area (Å²) in [5.74, 6) is 5.83. The van der Waals surface area contributed by atoms with Crippen LogP contribution in [-0.2, 0) is 0 Å². The zero-order valence-electron chi connectivity index (χ0n) is 9.90. The van der Waals surface area contributed by atoms with Crippen LogP contribution in [0.25, 0.3) is 0 Å². The Balaban J connectivity index is 2.21. The fourth-order valence-corrected chi connectivity index (χ4v) is 2.02. The van der Waals surface area contributed by atoms with Gasteiger partial charge in [0.2, 0.25) is 5.96 Å². The molecule has 0 atom stereocenters. The average molecular weight is 295 g/mol. The molecule has 0 radical (unpaired) electrons. The number of guanidine groups is 1. The molecule has 0 amide bonds. The number of halogens is 2. The van der Waals surface area contributed by atoms with Gasteiger partial charge in [-0.2, -0.15) is 0 Å². The van der Waals surface area contributed by atoms with Gasteiger partial charge in [0.15, 0.2) is 0 Å². The third-order valence-corrected chi connectivity index (χ3v) is 2.70. The molecule has 2 aromatic carbocycles. The molecule has 0 aliphatic rings. The SMILES string of the molecule is NNC(=Nc1ccccc1)Nc1cc(Cl)cc(Cl)c1. The van der Waals surface area contributed by atoms with Gasteiger partial charge in [-0.25, -0.2) is 10.8 Å². The molecule has 19 heavy (non-hydrogen) atoms. The second-order valence-electron chi connectivity index (χ2n) is 3.72. The van der Waals surface area contributed by atoms with E-state index in [1.54, 1.807) is 18.2 Å². The Labute approximate surface area is 121 Å². The molecule has 0 fully saturated rings. The van der Waals surface area contributed by atoms with Gasteiger partial charge in [-0.3, -0.25) is 5.43 Å². The number of rotatable bonds is 2. The van der Waals surface area contributed by atoms with Crippen molar-refractivity contribution >= 4 is 40.5 Å². The van der Waals surface area contributed by atoms with E-state index in [2.05, 4.69) is 15.7 Å². The van der Waals surface area contributed by atoms with E-state index in [9.17, 15) is 0 Å². The van der Waals surface area contributed by atoms with E-state index in [0.29, 0.717) is 21.7 Å². The topological polar surface area (TPSA) is 62.4 Å². The highest BCUT2D eigenvalue weighted by atomic mass is 35.5. The highest BCUT2D eigenvalue weighted by Gasteiger charge is 2.01. The summed E-state index contributed by atoms with van der Waals surface area (Å²) in [6.07, 6.45) is 0. The van der Waals surface area contributed by atoms with E-state index >= 15 is 0 Å². The molecule has 0 aromatic heterocycles. The van der Waals surface area contributed by atoms with Crippen LogP contribution in [0.5, 0.6) is 0 Å². The molecule has 0 saturated heterocycles. The molecule has 4 N–H and O–H groups in total. The molecule has 0 bridgehead atoms. The fourth-order valence-electron chi connectivity index (χ4n) is 1.49. The first-order valence-electron chi connectivity index (χ1n) is 5.51. The summed E-state index contributed by atoms with van der Waals surface area (Å²) >= 11 is 11.8. The summed E-state index contributed by atoms with van der Waals surface area (Å²) in [4.78, 5) is 4.31. The number of aliphatic imine (C=N–C) groups is 1. The van der Waals surface area contributed by atoms with Crippen molar-refractivity contribution in [3.8, 4) is 0 Å². The average Bonchev–Trinajstić information content (AvgIpc) is 2.38. The molecule has 2 aromatic rings. The second kappa shape index (κ2) is 6.43. The summed E-state index contributed by atoms with van der Waals surface area (Å²) in [6, 6.07) is 14.5. The van der Waals surface area contributed by atoms with Gasteiger partial charge in [0, 0.05) is 15.7 Å². The Morgan fingerprint density at radius 3 is 2.21 bits per heavy atom. The largest absolute Gasteiger partial charge is 0.325 e. The monoisotopic (exact) mass is 294 g/mol. The third kappa shape index (κ3) is 4.13. The molecular weight excluding hydrogens is 283 g/mol. The van der Waals surface area contributed by atoms with E-state index in [4.69, 9.17) is 29.0 Å². The van der Waals surface area contributed by atoms with Crippen molar-refractivity contribution in [1.29, 1.82) is 0 Å². The summed E-state index contributed by atoms with van der Waals surface area (Å²) in [7, 11) is 0. The summed E-state index contributed by atoms with van der Waals surface area (Å²) in [6.45, 7) is 0. The Morgan fingerprint density at radius 2 is 1.63 bits per heavy atom. The zero-order valence-corrected chi connectivity index (χ0v) is 11.4. The third-order valence-electron chi connectivity index (χ3n) is 2.26. The first-order valence-corrected chi connectivity index (χ1v) is 6.26. The van der Waals surface area contributed by atoms with Crippen LogP contribution in [0.15, 0.2) is 53.5 Å². The minimum Gasteiger partial charge on any atom is -0.325 e. The van der Waals surface area contributed by atoms with Crippen LogP contribution >= 0.6 is 23.2 Å². The maximum atomic E-state index is 5.92. The summed E-state index contributed by atoms with van der Waals surface area (Å²) in [5.41, 5.74) is 3.96. The molecule has 0 unspecified atom stereocenters. The molecule has 6 heteroatoms. The predicted octanol–water partition coefficient (Wildman–Crippen LogP) is 3.56. The maximum Gasteiger partial charge on any atom is 0.215 e. The van der Waals surface area contributed by atoms with Crippen molar-refractivity contribution < 1.29 is 0 Å². The van der Waals surface area contributed by atoms with Crippen LogP contribution < -0.4 is 16.6 Å². The molecule has 2 rings (SSSR count). The van der Waals surface area contributed by atoms with Gasteiger partial charge in [-0.15, -0.1) is 0 Å². The zero-order chi connectivity index (χ0) is 13.7. The highest BCUT2D eigenvalue weighted by Crippen LogP contribution is 2.22. The number of anilines is 1. The maximum absolute atomic E-state index is 5.92. The molecule has 0 spiro atoms.